The van der Waals surface area contributed by atoms with Crippen molar-refractivity contribution in [2.45, 2.75) is 32.8 Å². The summed E-state index contributed by atoms with van der Waals surface area (Å²) in [6.45, 7) is 6.71. The summed E-state index contributed by atoms with van der Waals surface area (Å²) in [7, 11) is 0. The minimum atomic E-state index is -0.00249. The molecule has 0 N–H and O–H groups in total. The van der Waals surface area contributed by atoms with Crippen molar-refractivity contribution in [3.63, 3.8) is 0 Å². The molecule has 0 bridgehead atoms. The number of carbonyl (C=O) groups excluding carboxylic acids is 1. The maximum Gasteiger partial charge on any atom is 0.257 e. The van der Waals surface area contributed by atoms with Crippen LogP contribution in [0.25, 0.3) is 0 Å². The fourth-order valence-electron chi connectivity index (χ4n) is 2.79. The molecule has 0 aliphatic carbocycles. The number of likely N-dealkylation sites (tertiary alicyclic amines) is 1. The van der Waals surface area contributed by atoms with E-state index < -0.39 is 0 Å². The molecule has 1 aromatic carbocycles. The topological polar surface area (TPSA) is 48.0 Å². The van der Waals surface area contributed by atoms with E-state index in [0.29, 0.717) is 29.5 Å². The maximum absolute atomic E-state index is 12.7. The van der Waals surface area contributed by atoms with Crippen molar-refractivity contribution < 1.29 is 19.0 Å². The maximum atomic E-state index is 12.7. The van der Waals surface area contributed by atoms with Crippen molar-refractivity contribution in [2.75, 3.05) is 26.5 Å². The first-order chi connectivity index (χ1) is 10.6. The number of hydrogen-bond acceptors (Lipinski definition) is 4. The van der Waals surface area contributed by atoms with Gasteiger partial charge in [0.2, 0.25) is 6.79 Å². The Morgan fingerprint density at radius 2 is 2.27 bits per heavy atom. The van der Waals surface area contributed by atoms with Crippen LogP contribution in [0.15, 0.2) is 18.2 Å². The summed E-state index contributed by atoms with van der Waals surface area (Å²) in [6.07, 6.45) is 2.11. The summed E-state index contributed by atoms with van der Waals surface area (Å²) in [4.78, 5) is 14.5. The average molecular weight is 305 g/mol. The molecule has 5 nitrogen and oxygen atoms in total. The predicted octanol–water partition coefficient (Wildman–Crippen LogP) is 2.69. The Hall–Kier alpha value is -1.75. The van der Waals surface area contributed by atoms with E-state index in [1.807, 2.05) is 17.0 Å². The molecule has 1 amide bonds. The highest BCUT2D eigenvalue weighted by atomic mass is 16.7. The number of ether oxygens (including phenoxy) is 3. The van der Waals surface area contributed by atoms with E-state index >= 15 is 0 Å². The molecule has 1 saturated heterocycles. The lowest BCUT2D eigenvalue weighted by Crippen LogP contribution is -2.30. The third-order valence-electron chi connectivity index (χ3n) is 4.11. The first-order valence-electron chi connectivity index (χ1n) is 7.94. The predicted molar refractivity (Wildman–Crippen MR) is 82.3 cm³/mol. The summed E-state index contributed by atoms with van der Waals surface area (Å²) in [5, 5.41) is 0. The molecule has 1 fully saturated rings. The van der Waals surface area contributed by atoms with E-state index in [2.05, 4.69) is 13.8 Å². The van der Waals surface area contributed by atoms with Crippen molar-refractivity contribution in [1.29, 1.82) is 0 Å². The number of fused-ring (bicyclic) bond motifs is 1. The normalized spacial score (nSPS) is 20.0. The second kappa shape index (κ2) is 6.57. The quantitative estimate of drug-likeness (QED) is 0.839. The van der Waals surface area contributed by atoms with E-state index in [-0.39, 0.29) is 18.8 Å². The van der Waals surface area contributed by atoms with Gasteiger partial charge in [0.25, 0.3) is 5.91 Å². The minimum absolute atomic E-state index is 0.00249. The van der Waals surface area contributed by atoms with Crippen LogP contribution in [0.1, 0.15) is 37.0 Å². The standard InChI is InChI=1S/C17H23NO4/c1-12(2)7-9-20-13-6-8-18(10-13)17(19)14-4-3-5-15-16(14)22-11-21-15/h3-5,12-13H,6-11H2,1-2H3/t13-/m0/s1. The number of hydrogen-bond donors (Lipinski definition) is 0. The number of amides is 1. The average Bonchev–Trinajstić information content (AvgIpc) is 3.14. The van der Waals surface area contributed by atoms with Crippen LogP contribution in [0.2, 0.25) is 0 Å². The fraction of sp³-hybridized carbons (Fsp3) is 0.588. The van der Waals surface area contributed by atoms with Crippen LogP contribution in [-0.2, 0) is 4.74 Å². The van der Waals surface area contributed by atoms with Crippen LogP contribution >= 0.6 is 0 Å². The van der Waals surface area contributed by atoms with Crippen molar-refractivity contribution in [1.82, 2.24) is 4.90 Å². The zero-order chi connectivity index (χ0) is 15.5. The monoisotopic (exact) mass is 305 g/mol. The van der Waals surface area contributed by atoms with Gasteiger partial charge in [-0.2, -0.15) is 0 Å². The van der Waals surface area contributed by atoms with Gasteiger partial charge in [0.05, 0.1) is 11.7 Å². The molecule has 2 aliphatic heterocycles. The molecule has 1 atom stereocenters. The number of para-hydroxylation sites is 1. The molecular formula is C17H23NO4. The molecule has 22 heavy (non-hydrogen) atoms. The van der Waals surface area contributed by atoms with Gasteiger partial charge >= 0.3 is 0 Å². The Kier molecular flexibility index (Phi) is 4.52. The zero-order valence-electron chi connectivity index (χ0n) is 13.2. The molecule has 2 heterocycles. The van der Waals surface area contributed by atoms with E-state index in [1.54, 1.807) is 6.07 Å². The van der Waals surface area contributed by atoms with Crippen LogP contribution in [0.5, 0.6) is 11.5 Å². The van der Waals surface area contributed by atoms with Crippen molar-refractivity contribution >= 4 is 5.91 Å². The molecule has 0 spiro atoms. The van der Waals surface area contributed by atoms with Crippen molar-refractivity contribution in [2.24, 2.45) is 5.92 Å². The minimum Gasteiger partial charge on any atom is -0.454 e. The van der Waals surface area contributed by atoms with Crippen LogP contribution < -0.4 is 9.47 Å². The van der Waals surface area contributed by atoms with Gasteiger partial charge in [-0.3, -0.25) is 4.79 Å². The van der Waals surface area contributed by atoms with Crippen molar-refractivity contribution in [3.8, 4) is 11.5 Å². The van der Waals surface area contributed by atoms with Gasteiger partial charge < -0.3 is 19.1 Å². The Labute approximate surface area is 131 Å². The van der Waals surface area contributed by atoms with Gasteiger partial charge in [-0.25, -0.2) is 0 Å². The fourth-order valence-corrected chi connectivity index (χ4v) is 2.79. The van der Waals surface area contributed by atoms with Crippen LogP contribution in [0, 0.1) is 5.92 Å². The van der Waals surface area contributed by atoms with E-state index in [0.717, 1.165) is 26.0 Å². The lowest BCUT2D eigenvalue weighted by Gasteiger charge is -2.18. The number of rotatable bonds is 5. The summed E-state index contributed by atoms with van der Waals surface area (Å²) in [6, 6.07) is 5.44. The van der Waals surface area contributed by atoms with E-state index in [4.69, 9.17) is 14.2 Å². The molecule has 0 radical (unpaired) electrons. The van der Waals surface area contributed by atoms with Gasteiger partial charge in [0.1, 0.15) is 0 Å². The molecule has 5 heteroatoms. The largest absolute Gasteiger partial charge is 0.454 e. The van der Waals surface area contributed by atoms with Gasteiger partial charge in [0, 0.05) is 19.7 Å². The highest BCUT2D eigenvalue weighted by Gasteiger charge is 2.31. The molecular weight excluding hydrogens is 282 g/mol. The zero-order valence-corrected chi connectivity index (χ0v) is 13.2. The van der Waals surface area contributed by atoms with Crippen molar-refractivity contribution in [3.05, 3.63) is 23.8 Å². The van der Waals surface area contributed by atoms with Gasteiger partial charge in [-0.05, 0) is 30.9 Å². The smallest absolute Gasteiger partial charge is 0.257 e. The molecule has 0 aromatic heterocycles. The Morgan fingerprint density at radius 1 is 1.41 bits per heavy atom. The summed E-state index contributed by atoms with van der Waals surface area (Å²) >= 11 is 0. The van der Waals surface area contributed by atoms with Crippen LogP contribution in [0.4, 0.5) is 0 Å². The van der Waals surface area contributed by atoms with Gasteiger partial charge in [-0.15, -0.1) is 0 Å². The summed E-state index contributed by atoms with van der Waals surface area (Å²) < 4.78 is 16.6. The number of benzene rings is 1. The Morgan fingerprint density at radius 3 is 3.09 bits per heavy atom. The number of nitrogens with zero attached hydrogens (tertiary/aromatic N) is 1. The first kappa shape index (κ1) is 15.2. The Bertz CT molecular complexity index is 543. The molecule has 1 aromatic rings. The van der Waals surface area contributed by atoms with E-state index in [1.165, 1.54) is 0 Å². The van der Waals surface area contributed by atoms with Gasteiger partial charge in [-0.1, -0.05) is 19.9 Å². The molecule has 0 unspecified atom stereocenters. The Balaban J connectivity index is 1.59. The molecule has 120 valence electrons. The SMILES string of the molecule is CC(C)CCO[C@H]1CCN(C(=O)c2cccc3c2OCO3)C1. The second-order valence-corrected chi connectivity index (χ2v) is 6.25. The summed E-state index contributed by atoms with van der Waals surface area (Å²) in [5.41, 5.74) is 0.581. The second-order valence-electron chi connectivity index (χ2n) is 6.25. The molecule has 3 rings (SSSR count). The first-order valence-corrected chi connectivity index (χ1v) is 7.94. The molecule has 2 aliphatic rings. The summed E-state index contributed by atoms with van der Waals surface area (Å²) in [5.74, 6) is 1.85. The number of carbonyl (C=O) groups is 1. The lowest BCUT2D eigenvalue weighted by molar-refractivity contribution is 0.0483. The van der Waals surface area contributed by atoms with Gasteiger partial charge in [0.15, 0.2) is 11.5 Å². The third-order valence-corrected chi connectivity index (χ3v) is 4.11. The third kappa shape index (κ3) is 3.19. The lowest BCUT2D eigenvalue weighted by atomic mass is 10.1. The molecule has 0 saturated carbocycles. The van der Waals surface area contributed by atoms with Crippen LogP contribution in [-0.4, -0.2) is 43.4 Å². The van der Waals surface area contributed by atoms with E-state index in [9.17, 15) is 4.79 Å². The highest BCUT2D eigenvalue weighted by molar-refractivity contribution is 5.98. The van der Waals surface area contributed by atoms with Crippen LogP contribution in [0.3, 0.4) is 0 Å². The highest BCUT2D eigenvalue weighted by Crippen LogP contribution is 2.36.